The molecule has 0 spiro atoms. The van der Waals surface area contributed by atoms with Crippen LogP contribution < -0.4 is 0 Å². The molecule has 1 heterocycles. The molecule has 1 amide bonds. The molecule has 0 aliphatic heterocycles. The van der Waals surface area contributed by atoms with Crippen molar-refractivity contribution >= 4 is 16.8 Å². The molecule has 26 heavy (non-hydrogen) atoms. The molecule has 0 fully saturated rings. The number of carbonyl (C=O) groups excluding carboxylic acids is 1. The van der Waals surface area contributed by atoms with Crippen molar-refractivity contribution in [3.8, 4) is 11.3 Å². The van der Waals surface area contributed by atoms with Gasteiger partial charge >= 0.3 is 0 Å². The molecular weight excluding hydrogens is 327 g/mol. The van der Waals surface area contributed by atoms with Gasteiger partial charge in [-0.3, -0.25) is 4.79 Å². The van der Waals surface area contributed by atoms with E-state index in [0.717, 1.165) is 33.3 Å². The number of hydrogen-bond acceptors (Lipinski definition) is 2. The third kappa shape index (κ3) is 3.32. The summed E-state index contributed by atoms with van der Waals surface area (Å²) in [4.78, 5) is 18.6. The number of para-hydroxylation sites is 1. The van der Waals surface area contributed by atoms with Crippen molar-refractivity contribution in [3.05, 3.63) is 64.5 Å². The Balaban J connectivity index is 2.19. The number of hydrogen-bond donors (Lipinski definition) is 0. The summed E-state index contributed by atoms with van der Waals surface area (Å²) < 4.78 is 14.0. The summed E-state index contributed by atoms with van der Waals surface area (Å²) in [6.45, 7) is 5.57. The molecule has 0 unspecified atom stereocenters. The van der Waals surface area contributed by atoms with E-state index in [2.05, 4.69) is 0 Å². The Kier molecular flexibility index (Phi) is 4.77. The first-order chi connectivity index (χ1) is 12.3. The number of nitrogens with zero attached hydrogens (tertiary/aromatic N) is 2. The fourth-order valence-electron chi connectivity index (χ4n) is 3.18. The van der Waals surface area contributed by atoms with Gasteiger partial charge < -0.3 is 4.90 Å². The molecule has 2 aromatic carbocycles. The predicted molar refractivity (Wildman–Crippen MR) is 104 cm³/mol. The number of likely N-dealkylation sites (N-methyl/N-ethyl adjacent to an activating group) is 1. The van der Waals surface area contributed by atoms with E-state index in [1.165, 1.54) is 0 Å². The number of pyridine rings is 1. The lowest BCUT2D eigenvalue weighted by molar-refractivity contribution is -0.127. The van der Waals surface area contributed by atoms with E-state index in [9.17, 15) is 9.18 Å². The second-order valence-corrected chi connectivity index (χ2v) is 7.03. The first kappa shape index (κ1) is 18.1. The van der Waals surface area contributed by atoms with Crippen molar-refractivity contribution < 1.29 is 9.18 Å². The van der Waals surface area contributed by atoms with Crippen LogP contribution in [0.3, 0.4) is 0 Å². The van der Waals surface area contributed by atoms with Crippen LogP contribution in [0.2, 0.25) is 0 Å². The van der Waals surface area contributed by atoms with Gasteiger partial charge in [0, 0.05) is 25.0 Å². The van der Waals surface area contributed by atoms with Gasteiger partial charge in [0.1, 0.15) is 5.82 Å². The number of aryl methyl sites for hydroxylation is 3. The molecule has 1 aromatic heterocycles. The lowest BCUT2D eigenvalue weighted by atomic mass is 9.99. The highest BCUT2D eigenvalue weighted by Crippen LogP contribution is 2.29. The highest BCUT2D eigenvalue weighted by molar-refractivity contribution is 5.91. The molecule has 4 heteroatoms. The molecule has 0 atom stereocenters. The monoisotopic (exact) mass is 350 g/mol. The zero-order valence-electron chi connectivity index (χ0n) is 15.9. The molecule has 0 aliphatic carbocycles. The maximum Gasteiger partial charge on any atom is 0.226 e. The number of amides is 1. The third-order valence-corrected chi connectivity index (χ3v) is 4.70. The molecule has 134 valence electrons. The normalized spacial score (nSPS) is 11.0. The van der Waals surface area contributed by atoms with Crippen molar-refractivity contribution in [2.24, 2.45) is 0 Å². The van der Waals surface area contributed by atoms with Gasteiger partial charge in [0.15, 0.2) is 0 Å². The van der Waals surface area contributed by atoms with Gasteiger partial charge in [-0.05, 0) is 61.2 Å². The molecule has 3 nitrogen and oxygen atoms in total. The SMILES string of the molecule is Cc1cc(-c2cc(C)c3cccc(CC(=O)N(C)C)c3n2)cc(C)c1F. The number of benzene rings is 2. The fraction of sp³-hybridized carbons (Fsp3) is 0.273. The summed E-state index contributed by atoms with van der Waals surface area (Å²) in [5, 5.41) is 1.04. The third-order valence-electron chi connectivity index (χ3n) is 4.70. The van der Waals surface area contributed by atoms with E-state index in [4.69, 9.17) is 4.98 Å². The number of halogens is 1. The standard InChI is InChI=1S/C22H23FN2O/c1-13-11-19(17-9-14(2)21(23)15(3)10-17)24-22-16(7-6-8-18(13)22)12-20(26)25(4)5/h6-11H,12H2,1-5H3. The molecule has 0 saturated heterocycles. The van der Waals surface area contributed by atoms with Crippen LogP contribution in [0.1, 0.15) is 22.3 Å². The highest BCUT2D eigenvalue weighted by atomic mass is 19.1. The van der Waals surface area contributed by atoms with Gasteiger partial charge in [0.05, 0.1) is 17.6 Å². The van der Waals surface area contributed by atoms with Gasteiger partial charge in [0.2, 0.25) is 5.91 Å². The molecule has 3 aromatic rings. The lowest BCUT2D eigenvalue weighted by Crippen LogP contribution is -2.23. The van der Waals surface area contributed by atoms with Crippen molar-refractivity contribution in [3.63, 3.8) is 0 Å². The van der Waals surface area contributed by atoms with Gasteiger partial charge in [-0.25, -0.2) is 9.37 Å². The fourth-order valence-corrected chi connectivity index (χ4v) is 3.18. The maximum absolute atomic E-state index is 14.0. The van der Waals surface area contributed by atoms with E-state index >= 15 is 0 Å². The van der Waals surface area contributed by atoms with Crippen molar-refractivity contribution in [2.75, 3.05) is 14.1 Å². The molecule has 0 radical (unpaired) electrons. The first-order valence-corrected chi connectivity index (χ1v) is 8.64. The Bertz CT molecular complexity index is 985. The summed E-state index contributed by atoms with van der Waals surface area (Å²) in [6.07, 6.45) is 0.307. The van der Waals surface area contributed by atoms with Gasteiger partial charge in [-0.1, -0.05) is 18.2 Å². The first-order valence-electron chi connectivity index (χ1n) is 8.64. The van der Waals surface area contributed by atoms with E-state index < -0.39 is 0 Å². The maximum atomic E-state index is 14.0. The van der Waals surface area contributed by atoms with Crippen LogP contribution in [0.15, 0.2) is 36.4 Å². The average molecular weight is 350 g/mol. The van der Waals surface area contributed by atoms with Gasteiger partial charge in [0.25, 0.3) is 0 Å². The molecule has 0 N–H and O–H groups in total. The van der Waals surface area contributed by atoms with Crippen molar-refractivity contribution in [1.82, 2.24) is 9.88 Å². The van der Waals surface area contributed by atoms with Crippen molar-refractivity contribution in [2.45, 2.75) is 27.2 Å². The van der Waals surface area contributed by atoms with Crippen LogP contribution >= 0.6 is 0 Å². The number of rotatable bonds is 3. The molecular formula is C22H23FN2O. The Morgan fingerprint density at radius 2 is 1.69 bits per heavy atom. The summed E-state index contributed by atoms with van der Waals surface area (Å²) in [7, 11) is 3.50. The molecule has 0 bridgehead atoms. The van der Waals surface area contributed by atoms with Gasteiger partial charge in [-0.2, -0.15) is 0 Å². The zero-order chi connectivity index (χ0) is 19.0. The number of aromatic nitrogens is 1. The van der Waals surface area contributed by atoms with Crippen LogP contribution in [0.4, 0.5) is 4.39 Å². The minimum atomic E-state index is -0.177. The smallest absolute Gasteiger partial charge is 0.226 e. The topological polar surface area (TPSA) is 33.2 Å². The Morgan fingerprint density at radius 3 is 2.31 bits per heavy atom. The minimum absolute atomic E-state index is 0.0378. The van der Waals surface area contributed by atoms with Crippen molar-refractivity contribution in [1.29, 1.82) is 0 Å². The Morgan fingerprint density at radius 1 is 1.04 bits per heavy atom. The van der Waals surface area contributed by atoms with E-state index in [1.54, 1.807) is 32.8 Å². The average Bonchev–Trinajstić information content (AvgIpc) is 2.59. The summed E-state index contributed by atoms with van der Waals surface area (Å²) >= 11 is 0. The van der Waals surface area contributed by atoms with Crippen LogP contribution in [-0.2, 0) is 11.2 Å². The van der Waals surface area contributed by atoms with Crippen LogP contribution in [0, 0.1) is 26.6 Å². The van der Waals surface area contributed by atoms with Gasteiger partial charge in [-0.15, -0.1) is 0 Å². The van der Waals surface area contributed by atoms with Crippen LogP contribution in [-0.4, -0.2) is 29.9 Å². The summed E-state index contributed by atoms with van der Waals surface area (Å²) in [6, 6.07) is 11.6. The Labute approximate surface area is 153 Å². The number of fused-ring (bicyclic) bond motifs is 1. The molecule has 0 saturated carbocycles. The second-order valence-electron chi connectivity index (χ2n) is 7.03. The summed E-state index contributed by atoms with van der Waals surface area (Å²) in [5.41, 5.74) is 5.72. The minimum Gasteiger partial charge on any atom is -0.349 e. The predicted octanol–water partition coefficient (Wildman–Crippen LogP) is 4.60. The van der Waals surface area contributed by atoms with E-state index in [1.807, 2.05) is 43.3 Å². The highest BCUT2D eigenvalue weighted by Gasteiger charge is 2.14. The van der Waals surface area contributed by atoms with E-state index in [0.29, 0.717) is 17.5 Å². The summed E-state index contributed by atoms with van der Waals surface area (Å²) in [5.74, 6) is -0.139. The van der Waals surface area contributed by atoms with Crippen LogP contribution in [0.5, 0.6) is 0 Å². The zero-order valence-corrected chi connectivity index (χ0v) is 15.9. The van der Waals surface area contributed by atoms with E-state index in [-0.39, 0.29) is 11.7 Å². The quantitative estimate of drug-likeness (QED) is 0.692. The Hall–Kier alpha value is -2.75. The lowest BCUT2D eigenvalue weighted by Gasteiger charge is -2.14. The second kappa shape index (κ2) is 6.87. The van der Waals surface area contributed by atoms with Crippen LogP contribution in [0.25, 0.3) is 22.2 Å². The molecule has 3 rings (SSSR count). The number of carbonyl (C=O) groups is 1. The molecule has 0 aliphatic rings. The largest absolute Gasteiger partial charge is 0.349 e.